The van der Waals surface area contributed by atoms with Gasteiger partial charge in [-0.05, 0) is 56.9 Å². The van der Waals surface area contributed by atoms with E-state index in [0.717, 1.165) is 16.7 Å². The van der Waals surface area contributed by atoms with Crippen LogP contribution >= 0.6 is 0 Å². The molecule has 1 amide bonds. The Bertz CT molecular complexity index is 1170. The zero-order chi connectivity index (χ0) is 27.1. The van der Waals surface area contributed by atoms with Gasteiger partial charge in [-0.2, -0.15) is 0 Å². The second-order valence-electron chi connectivity index (χ2n) is 11.0. The van der Waals surface area contributed by atoms with Gasteiger partial charge in [0.2, 0.25) is 5.91 Å². The Balaban J connectivity index is 1.96. The molecule has 3 N–H and O–H groups in total. The number of aliphatic hydroxyl groups is 2. The number of hydrogen-bond donors (Lipinski definition) is 3. The predicted octanol–water partition coefficient (Wildman–Crippen LogP) is 3.06. The minimum atomic E-state index is -1.82. The van der Waals surface area contributed by atoms with Crippen molar-refractivity contribution < 1.29 is 29.3 Å². The van der Waals surface area contributed by atoms with Gasteiger partial charge in [0.15, 0.2) is 5.78 Å². The summed E-state index contributed by atoms with van der Waals surface area (Å²) in [6.07, 6.45) is 5.17. The van der Waals surface area contributed by atoms with Gasteiger partial charge in [0.1, 0.15) is 17.1 Å². The maximum absolute atomic E-state index is 14.2. The number of carbonyl (C=O) groups excluding carboxylic acids is 3. The second kappa shape index (κ2) is 10.0. The van der Waals surface area contributed by atoms with E-state index in [1.807, 2.05) is 44.2 Å². The first-order valence-electron chi connectivity index (χ1n) is 12.9. The monoisotopic (exact) mass is 507 g/mol. The first-order valence-corrected chi connectivity index (χ1v) is 12.9. The fourth-order valence-electron chi connectivity index (χ4n) is 6.54. The molecule has 1 aliphatic heterocycles. The van der Waals surface area contributed by atoms with E-state index in [9.17, 15) is 24.6 Å². The summed E-state index contributed by atoms with van der Waals surface area (Å²) >= 11 is 0. The number of hydrogen-bond acceptors (Lipinski definition) is 6. The Morgan fingerprint density at radius 2 is 1.81 bits per heavy atom. The number of benzene rings is 1. The normalized spacial score (nSPS) is 39.6. The van der Waals surface area contributed by atoms with Gasteiger partial charge in [-0.3, -0.25) is 14.4 Å². The molecule has 1 unspecified atom stereocenters. The average Bonchev–Trinajstić information content (AvgIpc) is 3.13. The van der Waals surface area contributed by atoms with Gasteiger partial charge in [-0.25, -0.2) is 0 Å². The molecule has 0 radical (unpaired) electrons. The van der Waals surface area contributed by atoms with Crippen molar-refractivity contribution in [3.8, 4) is 0 Å². The molecule has 1 aromatic carbocycles. The summed E-state index contributed by atoms with van der Waals surface area (Å²) in [7, 11) is 0. The Kier molecular flexibility index (Phi) is 7.32. The van der Waals surface area contributed by atoms with Crippen LogP contribution in [0, 0.1) is 23.2 Å². The first-order chi connectivity index (χ1) is 17.4. The van der Waals surface area contributed by atoms with Crippen LogP contribution in [0.4, 0.5) is 0 Å². The number of rotatable bonds is 3. The molecule has 0 bridgehead atoms. The largest absolute Gasteiger partial charge is 0.457 e. The van der Waals surface area contributed by atoms with Crippen LogP contribution in [-0.2, 0) is 25.5 Å². The zero-order valence-electron chi connectivity index (χ0n) is 22.1. The maximum atomic E-state index is 14.2. The van der Waals surface area contributed by atoms with Crippen LogP contribution in [0.25, 0.3) is 0 Å². The van der Waals surface area contributed by atoms with Gasteiger partial charge < -0.3 is 20.3 Å². The summed E-state index contributed by atoms with van der Waals surface area (Å²) in [5.74, 6) is -2.92. The van der Waals surface area contributed by atoms with Crippen molar-refractivity contribution in [2.45, 2.75) is 71.3 Å². The fraction of sp³-hybridized carbons (Fsp3) is 0.500. The Labute approximate surface area is 218 Å². The third-order valence-corrected chi connectivity index (χ3v) is 8.49. The minimum absolute atomic E-state index is 0.314. The molecule has 37 heavy (non-hydrogen) atoms. The van der Waals surface area contributed by atoms with Crippen LogP contribution in [0.5, 0.6) is 0 Å². The lowest BCUT2D eigenvalue weighted by Gasteiger charge is -2.49. The van der Waals surface area contributed by atoms with Gasteiger partial charge in [0, 0.05) is 30.7 Å². The second-order valence-corrected chi connectivity index (χ2v) is 11.0. The molecule has 4 rings (SSSR count). The summed E-state index contributed by atoms with van der Waals surface area (Å²) in [6, 6.07) is 9.52. The molecule has 7 heteroatoms. The number of ether oxygens (including phenoxy) is 1. The van der Waals surface area contributed by atoms with E-state index in [2.05, 4.69) is 5.32 Å². The highest BCUT2D eigenvalue weighted by molar-refractivity contribution is 5.91. The predicted molar refractivity (Wildman–Crippen MR) is 139 cm³/mol. The Morgan fingerprint density at radius 1 is 1.14 bits per heavy atom. The lowest BCUT2D eigenvalue weighted by molar-refractivity contribution is -0.161. The van der Waals surface area contributed by atoms with Crippen molar-refractivity contribution in [3.05, 3.63) is 71.3 Å². The van der Waals surface area contributed by atoms with E-state index in [1.54, 1.807) is 19.1 Å². The van der Waals surface area contributed by atoms with Crippen LogP contribution in [0.15, 0.2) is 65.8 Å². The molecule has 7 nitrogen and oxygen atoms in total. The molecule has 3 aliphatic rings. The van der Waals surface area contributed by atoms with Crippen molar-refractivity contribution in [2.24, 2.45) is 23.2 Å². The third-order valence-electron chi connectivity index (χ3n) is 8.49. The third kappa shape index (κ3) is 4.59. The molecule has 0 aromatic heterocycles. The maximum Gasteiger partial charge on any atom is 0.303 e. The lowest BCUT2D eigenvalue weighted by atomic mass is 9.54. The molecule has 1 aromatic rings. The number of carbonyl (C=O) groups is 3. The summed E-state index contributed by atoms with van der Waals surface area (Å²) < 4.78 is 5.82. The van der Waals surface area contributed by atoms with E-state index >= 15 is 0 Å². The molecule has 1 saturated heterocycles. The molecule has 1 spiro atoms. The van der Waals surface area contributed by atoms with Gasteiger partial charge >= 0.3 is 5.97 Å². The standard InChI is InChI=1S/C30H37NO6/c1-17-10-9-13-22-26(33)19(3)18(2)25-23(16-21-11-7-6-8-12-21)31-28(35)30(22,25)24(37-20(4)32)14-15-29(5,36)27(17)34/h6-9,11-15,17,22-26,33,36H,10,16H2,1-5H3,(H,31,35)/b13-9+,15-14+/t17?,22-,23-,24+,25-,26+,29+,30+/m0/s1. The summed E-state index contributed by atoms with van der Waals surface area (Å²) in [5, 5.41) is 25.7. The summed E-state index contributed by atoms with van der Waals surface area (Å²) in [5.41, 5.74) is -0.500. The summed E-state index contributed by atoms with van der Waals surface area (Å²) in [4.78, 5) is 39.5. The molecule has 1 heterocycles. The molecule has 198 valence electrons. The fourth-order valence-corrected chi connectivity index (χ4v) is 6.54. The highest BCUT2D eigenvalue weighted by Crippen LogP contribution is 2.57. The van der Waals surface area contributed by atoms with E-state index < -0.39 is 46.9 Å². The van der Waals surface area contributed by atoms with Crippen LogP contribution in [0.1, 0.15) is 46.6 Å². The van der Waals surface area contributed by atoms with Crippen molar-refractivity contribution in [3.63, 3.8) is 0 Å². The molecule has 0 saturated carbocycles. The molecular weight excluding hydrogens is 470 g/mol. The lowest BCUT2D eigenvalue weighted by Crippen LogP contribution is -2.58. The number of aliphatic hydroxyl groups excluding tert-OH is 1. The van der Waals surface area contributed by atoms with E-state index in [0.29, 0.717) is 12.8 Å². The first kappa shape index (κ1) is 27.0. The smallest absolute Gasteiger partial charge is 0.303 e. The number of allylic oxidation sites excluding steroid dienone is 1. The van der Waals surface area contributed by atoms with Crippen molar-refractivity contribution in [2.75, 3.05) is 0 Å². The average molecular weight is 508 g/mol. The zero-order valence-corrected chi connectivity index (χ0v) is 22.1. The number of nitrogens with one attached hydrogen (secondary N) is 1. The van der Waals surface area contributed by atoms with Gasteiger partial charge in [0.05, 0.1) is 6.10 Å². The molecular formula is C30H37NO6. The van der Waals surface area contributed by atoms with Gasteiger partial charge in [0.25, 0.3) is 0 Å². The SMILES string of the molecule is CC(=O)O[C@@H]1/C=C/[C@@](C)(O)C(=O)C(C)C/C=C/[C@H]2[C@H](O)C(C)=C(C)[C@H]3[C@H](Cc4ccccc4)NC(=O)[C@@]123. The van der Waals surface area contributed by atoms with E-state index in [4.69, 9.17) is 4.74 Å². The van der Waals surface area contributed by atoms with Crippen LogP contribution in [-0.4, -0.2) is 51.7 Å². The van der Waals surface area contributed by atoms with Crippen molar-refractivity contribution in [1.29, 1.82) is 0 Å². The van der Waals surface area contributed by atoms with Gasteiger partial charge in [-0.15, -0.1) is 0 Å². The highest BCUT2D eigenvalue weighted by Gasteiger charge is 2.67. The van der Waals surface area contributed by atoms with Crippen molar-refractivity contribution in [1.82, 2.24) is 5.32 Å². The Morgan fingerprint density at radius 3 is 2.46 bits per heavy atom. The van der Waals surface area contributed by atoms with Crippen LogP contribution in [0.2, 0.25) is 0 Å². The molecule has 2 aliphatic carbocycles. The number of ketones is 1. The quantitative estimate of drug-likeness (QED) is 0.428. The van der Waals surface area contributed by atoms with Crippen molar-refractivity contribution >= 4 is 17.7 Å². The Hall–Kier alpha value is -3.03. The minimum Gasteiger partial charge on any atom is -0.457 e. The molecule has 1 fully saturated rings. The van der Waals surface area contributed by atoms with Crippen LogP contribution in [0.3, 0.4) is 0 Å². The van der Waals surface area contributed by atoms with Crippen LogP contribution < -0.4 is 5.32 Å². The number of amides is 1. The number of Topliss-reactive ketones (excluding diaryl/α,β-unsaturated/α-hetero) is 1. The number of esters is 1. The van der Waals surface area contributed by atoms with E-state index in [1.165, 1.54) is 26.0 Å². The highest BCUT2D eigenvalue weighted by atomic mass is 16.5. The van der Waals surface area contributed by atoms with E-state index in [-0.39, 0.29) is 17.7 Å². The van der Waals surface area contributed by atoms with Gasteiger partial charge in [-0.1, -0.05) is 55.0 Å². The summed E-state index contributed by atoms with van der Waals surface area (Å²) in [6.45, 7) is 8.20. The topological polar surface area (TPSA) is 113 Å². The molecule has 8 atom stereocenters.